The van der Waals surface area contributed by atoms with E-state index in [2.05, 4.69) is 0 Å². The molecule has 0 aromatic heterocycles. The van der Waals surface area contributed by atoms with Gasteiger partial charge in [0.25, 0.3) is 0 Å². The summed E-state index contributed by atoms with van der Waals surface area (Å²) in [4.78, 5) is 12.0. The van der Waals surface area contributed by atoms with E-state index >= 15 is 0 Å². The Labute approximate surface area is 162 Å². The summed E-state index contributed by atoms with van der Waals surface area (Å²) in [7, 11) is 0. The molecule has 6 nitrogen and oxygen atoms in total. The molecule has 0 N–H and O–H groups in total. The van der Waals surface area contributed by atoms with E-state index in [-0.39, 0.29) is 0 Å². The monoisotopic (exact) mass is 380 g/mol. The smallest absolute Gasteiger partial charge is 0.330 e. The number of rotatable bonds is 13. The Morgan fingerprint density at radius 2 is 1.37 bits per heavy atom. The highest BCUT2D eigenvalue weighted by molar-refractivity contribution is 5.89. The summed E-state index contributed by atoms with van der Waals surface area (Å²) in [5.41, 5.74) is 0.598. The van der Waals surface area contributed by atoms with Crippen LogP contribution in [0, 0.1) is 0 Å². The maximum absolute atomic E-state index is 12.0. The third kappa shape index (κ3) is 7.04. The van der Waals surface area contributed by atoms with Gasteiger partial charge in [-0.15, -0.1) is 0 Å². The first kappa shape index (κ1) is 22.7. The molecule has 0 aliphatic rings. The fourth-order valence-corrected chi connectivity index (χ4v) is 2.40. The number of ether oxygens (including phenoxy) is 5. The summed E-state index contributed by atoms with van der Waals surface area (Å²) < 4.78 is 28.3. The molecule has 0 saturated carbocycles. The van der Waals surface area contributed by atoms with Crippen molar-refractivity contribution in [1.82, 2.24) is 0 Å². The maximum Gasteiger partial charge on any atom is 0.330 e. The predicted molar refractivity (Wildman–Crippen MR) is 106 cm³/mol. The van der Waals surface area contributed by atoms with Crippen molar-refractivity contribution >= 4 is 12.0 Å². The molecular weight excluding hydrogens is 348 g/mol. The van der Waals surface area contributed by atoms with Crippen LogP contribution in [0.25, 0.3) is 6.08 Å². The quantitative estimate of drug-likeness (QED) is 0.282. The van der Waals surface area contributed by atoms with Crippen molar-refractivity contribution in [3.05, 3.63) is 17.7 Å². The first-order valence-electron chi connectivity index (χ1n) is 9.69. The molecule has 0 bridgehead atoms. The second kappa shape index (κ2) is 12.9. The summed E-state index contributed by atoms with van der Waals surface area (Å²) >= 11 is 0. The lowest BCUT2D eigenvalue weighted by Crippen LogP contribution is -2.06. The highest BCUT2D eigenvalue weighted by Crippen LogP contribution is 2.45. The van der Waals surface area contributed by atoms with Gasteiger partial charge in [0.1, 0.15) is 0 Å². The standard InChI is InChI=1S/C21H32O6/c1-6-11-14-27-19(22)13-12-16-20(25-9-4)17(23-7-2)15-18(24-8-3)21(16)26-10-5/h12-13,15H,6-11,14H2,1-5H3. The van der Waals surface area contributed by atoms with E-state index in [0.717, 1.165) is 12.8 Å². The molecule has 1 rings (SSSR count). The van der Waals surface area contributed by atoms with E-state index in [9.17, 15) is 4.79 Å². The van der Waals surface area contributed by atoms with E-state index in [0.29, 0.717) is 61.6 Å². The van der Waals surface area contributed by atoms with E-state index < -0.39 is 5.97 Å². The Hall–Kier alpha value is -2.37. The normalized spacial score (nSPS) is 10.7. The van der Waals surface area contributed by atoms with Gasteiger partial charge in [0.15, 0.2) is 23.0 Å². The van der Waals surface area contributed by atoms with Crippen molar-refractivity contribution in [3.63, 3.8) is 0 Å². The molecule has 27 heavy (non-hydrogen) atoms. The van der Waals surface area contributed by atoms with Gasteiger partial charge in [0.2, 0.25) is 0 Å². The third-order valence-electron chi connectivity index (χ3n) is 3.50. The number of hydrogen-bond donors (Lipinski definition) is 0. The molecule has 1 aromatic rings. The minimum Gasteiger partial charge on any atom is -0.490 e. The predicted octanol–water partition coefficient (Wildman–Crippen LogP) is 4.64. The first-order chi connectivity index (χ1) is 13.1. The number of esters is 1. The maximum atomic E-state index is 12.0. The van der Waals surface area contributed by atoms with Crippen LogP contribution in [-0.2, 0) is 9.53 Å². The van der Waals surface area contributed by atoms with E-state index in [1.54, 1.807) is 12.1 Å². The van der Waals surface area contributed by atoms with Crippen LogP contribution in [0.2, 0.25) is 0 Å². The fourth-order valence-electron chi connectivity index (χ4n) is 2.40. The van der Waals surface area contributed by atoms with Gasteiger partial charge >= 0.3 is 5.97 Å². The molecule has 0 heterocycles. The van der Waals surface area contributed by atoms with Crippen molar-refractivity contribution < 1.29 is 28.5 Å². The lowest BCUT2D eigenvalue weighted by Gasteiger charge is -2.20. The summed E-state index contributed by atoms with van der Waals surface area (Å²) in [5, 5.41) is 0. The molecule has 0 fully saturated rings. The van der Waals surface area contributed by atoms with Crippen molar-refractivity contribution in [3.8, 4) is 23.0 Å². The lowest BCUT2D eigenvalue weighted by molar-refractivity contribution is -0.137. The van der Waals surface area contributed by atoms with Gasteiger partial charge in [0, 0.05) is 12.1 Å². The molecule has 0 amide bonds. The molecule has 152 valence electrons. The fraction of sp³-hybridized carbons (Fsp3) is 0.571. The second-order valence-electron chi connectivity index (χ2n) is 5.53. The van der Waals surface area contributed by atoms with Crippen LogP contribution in [0.15, 0.2) is 12.1 Å². The average molecular weight is 380 g/mol. The Morgan fingerprint density at radius 3 is 1.81 bits per heavy atom. The SMILES string of the molecule is CCCCOC(=O)C=Cc1c(OCC)c(OCC)cc(OCC)c1OCC. The number of unbranched alkanes of at least 4 members (excludes halogenated alkanes) is 1. The topological polar surface area (TPSA) is 63.2 Å². The van der Waals surface area contributed by atoms with Crippen molar-refractivity contribution in [2.75, 3.05) is 33.0 Å². The molecule has 0 spiro atoms. The molecular formula is C21H32O6. The van der Waals surface area contributed by atoms with Crippen LogP contribution >= 0.6 is 0 Å². The largest absolute Gasteiger partial charge is 0.490 e. The van der Waals surface area contributed by atoms with Crippen LogP contribution in [0.5, 0.6) is 23.0 Å². The van der Waals surface area contributed by atoms with E-state index in [4.69, 9.17) is 23.7 Å². The lowest BCUT2D eigenvalue weighted by atomic mass is 10.1. The Bertz CT molecular complexity index is 575. The molecule has 0 atom stereocenters. The van der Waals surface area contributed by atoms with E-state index in [1.165, 1.54) is 6.08 Å². The summed E-state index contributed by atoms with van der Waals surface area (Å²) in [6.45, 7) is 11.9. The minimum atomic E-state index is -0.409. The molecule has 1 aromatic carbocycles. The molecule has 0 aliphatic heterocycles. The van der Waals surface area contributed by atoms with Crippen LogP contribution in [0.1, 0.15) is 53.0 Å². The zero-order valence-electron chi connectivity index (χ0n) is 17.1. The molecule has 6 heteroatoms. The van der Waals surface area contributed by atoms with Crippen molar-refractivity contribution in [1.29, 1.82) is 0 Å². The molecule has 0 saturated heterocycles. The van der Waals surface area contributed by atoms with Gasteiger partial charge in [-0.1, -0.05) is 13.3 Å². The van der Waals surface area contributed by atoms with Gasteiger partial charge in [0.05, 0.1) is 38.6 Å². The minimum absolute atomic E-state index is 0.402. The van der Waals surface area contributed by atoms with Crippen molar-refractivity contribution in [2.45, 2.75) is 47.5 Å². The first-order valence-corrected chi connectivity index (χ1v) is 9.69. The van der Waals surface area contributed by atoms with Gasteiger partial charge in [-0.2, -0.15) is 0 Å². The Morgan fingerprint density at radius 1 is 0.852 bits per heavy atom. The van der Waals surface area contributed by atoms with Gasteiger partial charge < -0.3 is 23.7 Å². The highest BCUT2D eigenvalue weighted by atomic mass is 16.5. The Balaban J connectivity index is 3.37. The molecule has 0 unspecified atom stereocenters. The summed E-state index contributed by atoms with van der Waals surface area (Å²) in [6, 6.07) is 1.76. The number of benzene rings is 1. The zero-order valence-corrected chi connectivity index (χ0v) is 17.1. The summed E-state index contributed by atoms with van der Waals surface area (Å²) in [6.07, 6.45) is 4.81. The zero-order chi connectivity index (χ0) is 20.1. The Kier molecular flexibility index (Phi) is 10.8. The summed E-state index contributed by atoms with van der Waals surface area (Å²) in [5.74, 6) is 1.72. The highest BCUT2D eigenvalue weighted by Gasteiger charge is 2.21. The number of carbonyl (C=O) groups is 1. The van der Waals surface area contributed by atoms with Crippen LogP contribution in [0.3, 0.4) is 0 Å². The van der Waals surface area contributed by atoms with Crippen molar-refractivity contribution in [2.24, 2.45) is 0 Å². The van der Waals surface area contributed by atoms with Gasteiger partial charge in [-0.25, -0.2) is 4.79 Å². The third-order valence-corrected chi connectivity index (χ3v) is 3.50. The second-order valence-corrected chi connectivity index (χ2v) is 5.53. The molecule has 0 aliphatic carbocycles. The van der Waals surface area contributed by atoms with Gasteiger partial charge in [-0.05, 0) is 40.2 Å². The van der Waals surface area contributed by atoms with Crippen LogP contribution in [0.4, 0.5) is 0 Å². The number of hydrogen-bond acceptors (Lipinski definition) is 6. The van der Waals surface area contributed by atoms with Crippen LogP contribution in [-0.4, -0.2) is 39.0 Å². The average Bonchev–Trinajstić information content (AvgIpc) is 2.65. The van der Waals surface area contributed by atoms with Gasteiger partial charge in [-0.3, -0.25) is 0 Å². The number of carbonyl (C=O) groups excluding carboxylic acids is 1. The van der Waals surface area contributed by atoms with Crippen LogP contribution < -0.4 is 18.9 Å². The van der Waals surface area contributed by atoms with E-state index in [1.807, 2.05) is 34.6 Å². The molecule has 0 radical (unpaired) electrons.